The van der Waals surface area contributed by atoms with Crippen molar-refractivity contribution >= 4 is 40.9 Å². The van der Waals surface area contributed by atoms with E-state index in [-0.39, 0.29) is 18.4 Å². The van der Waals surface area contributed by atoms with Crippen LogP contribution in [-0.2, 0) is 21.4 Å². The first-order valence-electron chi connectivity index (χ1n) is 9.70. The summed E-state index contributed by atoms with van der Waals surface area (Å²) in [5, 5.41) is 7.47. The van der Waals surface area contributed by atoms with Gasteiger partial charge in [-0.15, -0.1) is 0 Å². The van der Waals surface area contributed by atoms with Crippen molar-refractivity contribution in [3.8, 4) is 0 Å². The van der Waals surface area contributed by atoms with Crippen LogP contribution < -0.4 is 10.2 Å². The van der Waals surface area contributed by atoms with Gasteiger partial charge in [-0.25, -0.2) is 0 Å². The Morgan fingerprint density at radius 1 is 1.27 bits per heavy atom. The topological polar surface area (TPSA) is 79.7 Å². The van der Waals surface area contributed by atoms with Gasteiger partial charge in [0.15, 0.2) is 0 Å². The number of aromatic nitrogens is 2. The zero-order valence-corrected chi connectivity index (χ0v) is 18.1. The van der Waals surface area contributed by atoms with Crippen molar-refractivity contribution < 1.29 is 14.3 Å². The minimum atomic E-state index is -0.299. The highest BCUT2D eigenvalue weighted by Gasteiger charge is 2.14. The summed E-state index contributed by atoms with van der Waals surface area (Å²) in [5.74, 6) is -0.568. The second kappa shape index (κ2) is 9.77. The Morgan fingerprint density at radius 3 is 2.53 bits per heavy atom. The maximum Gasteiger partial charge on any atom is 0.246 e. The number of carbonyl (C=O) groups excluding carboxylic acids is 2. The molecule has 0 aliphatic carbocycles. The lowest BCUT2D eigenvalue weighted by Crippen LogP contribution is -2.36. The fourth-order valence-corrected chi connectivity index (χ4v) is 3.43. The minimum absolute atomic E-state index is 0.0614. The Hall–Kier alpha value is -2.84. The van der Waals surface area contributed by atoms with Crippen LogP contribution in [0.1, 0.15) is 11.3 Å². The predicted molar refractivity (Wildman–Crippen MR) is 118 cm³/mol. The van der Waals surface area contributed by atoms with Crippen molar-refractivity contribution in [1.82, 2.24) is 14.7 Å². The summed E-state index contributed by atoms with van der Waals surface area (Å²) in [6, 6.07) is 7.66. The van der Waals surface area contributed by atoms with Gasteiger partial charge in [0.25, 0.3) is 0 Å². The summed E-state index contributed by atoms with van der Waals surface area (Å²) < 4.78 is 6.91. The lowest BCUT2D eigenvalue weighted by atomic mass is 10.2. The van der Waals surface area contributed by atoms with Gasteiger partial charge in [-0.2, -0.15) is 5.10 Å². The molecule has 2 heterocycles. The molecule has 0 atom stereocenters. The van der Waals surface area contributed by atoms with Gasteiger partial charge >= 0.3 is 0 Å². The summed E-state index contributed by atoms with van der Waals surface area (Å²) >= 11 is 6.16. The summed E-state index contributed by atoms with van der Waals surface area (Å²) in [6.45, 7) is 4.91. The number of amides is 2. The lowest BCUT2D eigenvalue weighted by Gasteiger charge is -2.28. The zero-order valence-electron chi connectivity index (χ0n) is 17.4. The Balaban J connectivity index is 1.52. The number of ether oxygens (including phenoxy) is 1. The standard InChI is InChI=1S/C21H26ClN5O3/c1-15-18(21(22)26(3)24-15)8-9-20(29)25(2)14-19(28)23-16-4-6-17(7-5-16)27-10-12-30-13-11-27/h4-9H,10-14H2,1-3H3,(H,23,28)/b9-8+. The van der Waals surface area contributed by atoms with Gasteiger partial charge in [0.2, 0.25) is 11.8 Å². The number of benzene rings is 1. The molecule has 0 radical (unpaired) electrons. The second-order valence-electron chi connectivity index (χ2n) is 7.14. The van der Waals surface area contributed by atoms with Crippen molar-refractivity contribution in [2.75, 3.05) is 50.1 Å². The van der Waals surface area contributed by atoms with Crippen molar-refractivity contribution in [3.63, 3.8) is 0 Å². The van der Waals surface area contributed by atoms with Gasteiger partial charge in [-0.1, -0.05) is 11.6 Å². The average Bonchev–Trinajstić information content (AvgIpc) is 2.98. The van der Waals surface area contributed by atoms with Crippen molar-refractivity contribution in [1.29, 1.82) is 0 Å². The number of likely N-dealkylation sites (N-methyl/N-ethyl adjacent to an activating group) is 1. The fraction of sp³-hybridized carbons (Fsp3) is 0.381. The number of halogens is 1. The molecule has 30 heavy (non-hydrogen) atoms. The maximum absolute atomic E-state index is 12.3. The van der Waals surface area contributed by atoms with Crippen LogP contribution in [0.15, 0.2) is 30.3 Å². The molecular formula is C21H26ClN5O3. The number of nitrogens with zero attached hydrogens (tertiary/aromatic N) is 4. The molecule has 1 N–H and O–H groups in total. The monoisotopic (exact) mass is 431 g/mol. The molecule has 1 aliphatic rings. The van der Waals surface area contributed by atoms with Gasteiger partial charge in [0.1, 0.15) is 5.15 Å². The first kappa shape index (κ1) is 21.9. The van der Waals surface area contributed by atoms with Crippen LogP contribution in [0.5, 0.6) is 0 Å². The van der Waals surface area contributed by atoms with E-state index in [1.54, 1.807) is 24.9 Å². The third-order valence-electron chi connectivity index (χ3n) is 4.87. The molecule has 0 spiro atoms. The lowest BCUT2D eigenvalue weighted by molar-refractivity contribution is -0.129. The van der Waals surface area contributed by atoms with E-state index >= 15 is 0 Å². The third-order valence-corrected chi connectivity index (χ3v) is 5.32. The molecule has 1 fully saturated rings. The van der Waals surface area contributed by atoms with E-state index in [1.165, 1.54) is 11.0 Å². The molecule has 2 aromatic rings. The largest absolute Gasteiger partial charge is 0.378 e. The van der Waals surface area contributed by atoms with E-state index in [9.17, 15) is 9.59 Å². The Morgan fingerprint density at radius 2 is 1.93 bits per heavy atom. The molecule has 1 saturated heterocycles. The Bertz CT molecular complexity index is 933. The highest BCUT2D eigenvalue weighted by Crippen LogP contribution is 2.20. The van der Waals surface area contributed by atoms with Crippen molar-refractivity contribution in [2.24, 2.45) is 7.05 Å². The van der Waals surface area contributed by atoms with Crippen LogP contribution in [0.2, 0.25) is 5.15 Å². The fourth-order valence-electron chi connectivity index (χ4n) is 3.19. The Kier molecular flexibility index (Phi) is 7.12. The number of nitrogens with one attached hydrogen (secondary N) is 1. The summed E-state index contributed by atoms with van der Waals surface area (Å²) in [5.41, 5.74) is 3.20. The van der Waals surface area contributed by atoms with Crippen LogP contribution in [0.3, 0.4) is 0 Å². The molecule has 160 valence electrons. The van der Waals surface area contributed by atoms with E-state index < -0.39 is 0 Å². The van der Waals surface area contributed by atoms with Gasteiger partial charge in [0, 0.05) is 50.2 Å². The van der Waals surface area contributed by atoms with E-state index in [2.05, 4.69) is 15.3 Å². The van der Waals surface area contributed by atoms with Crippen LogP contribution in [-0.4, -0.2) is 66.4 Å². The zero-order chi connectivity index (χ0) is 21.7. The highest BCUT2D eigenvalue weighted by molar-refractivity contribution is 6.31. The van der Waals surface area contributed by atoms with E-state index in [0.717, 1.165) is 37.7 Å². The molecule has 1 aromatic carbocycles. The predicted octanol–water partition coefficient (Wildman–Crippen LogP) is 2.33. The van der Waals surface area contributed by atoms with E-state index in [0.29, 0.717) is 16.4 Å². The van der Waals surface area contributed by atoms with Crippen molar-refractivity contribution in [3.05, 3.63) is 46.8 Å². The molecular weight excluding hydrogens is 406 g/mol. The molecule has 8 nitrogen and oxygen atoms in total. The number of morpholine rings is 1. The number of aryl methyl sites for hydroxylation is 2. The average molecular weight is 432 g/mol. The number of carbonyl (C=O) groups is 2. The SMILES string of the molecule is Cc1nn(C)c(Cl)c1/C=C/C(=O)N(C)CC(=O)Nc1ccc(N2CCOCC2)cc1. The number of anilines is 2. The quantitative estimate of drug-likeness (QED) is 0.710. The number of hydrogen-bond donors (Lipinski definition) is 1. The smallest absolute Gasteiger partial charge is 0.246 e. The summed E-state index contributed by atoms with van der Waals surface area (Å²) in [7, 11) is 3.31. The summed E-state index contributed by atoms with van der Waals surface area (Å²) in [4.78, 5) is 28.2. The molecule has 1 aromatic heterocycles. The second-order valence-corrected chi connectivity index (χ2v) is 7.49. The number of hydrogen-bond acceptors (Lipinski definition) is 5. The van der Waals surface area contributed by atoms with Gasteiger partial charge in [-0.05, 0) is 37.3 Å². The summed E-state index contributed by atoms with van der Waals surface area (Å²) in [6.07, 6.45) is 3.01. The molecule has 0 unspecified atom stereocenters. The van der Waals surface area contributed by atoms with E-state index in [1.807, 2.05) is 31.2 Å². The number of rotatable bonds is 6. The van der Waals surface area contributed by atoms with Crippen LogP contribution in [0, 0.1) is 6.92 Å². The molecule has 3 rings (SSSR count). The van der Waals surface area contributed by atoms with Gasteiger partial charge < -0.3 is 19.9 Å². The molecule has 0 saturated carbocycles. The van der Waals surface area contributed by atoms with Gasteiger partial charge in [0.05, 0.1) is 25.5 Å². The Labute approximate surface area is 181 Å². The first-order chi connectivity index (χ1) is 14.3. The van der Waals surface area contributed by atoms with Crippen LogP contribution >= 0.6 is 11.6 Å². The first-order valence-corrected chi connectivity index (χ1v) is 10.1. The molecule has 1 aliphatic heterocycles. The molecule has 0 bridgehead atoms. The maximum atomic E-state index is 12.3. The normalized spacial score (nSPS) is 14.2. The van der Waals surface area contributed by atoms with Crippen LogP contribution in [0.4, 0.5) is 11.4 Å². The van der Waals surface area contributed by atoms with Crippen LogP contribution in [0.25, 0.3) is 6.08 Å². The third kappa shape index (κ3) is 5.40. The van der Waals surface area contributed by atoms with Crippen molar-refractivity contribution in [2.45, 2.75) is 6.92 Å². The van der Waals surface area contributed by atoms with E-state index in [4.69, 9.17) is 16.3 Å². The molecule has 2 amide bonds. The highest BCUT2D eigenvalue weighted by atomic mass is 35.5. The minimum Gasteiger partial charge on any atom is -0.378 e. The van der Waals surface area contributed by atoms with Gasteiger partial charge in [-0.3, -0.25) is 14.3 Å². The molecule has 9 heteroatoms.